The Labute approximate surface area is 149 Å². The van der Waals surface area contributed by atoms with E-state index in [-0.39, 0.29) is 5.78 Å². The minimum Gasteiger partial charge on any atom is -0.293 e. The predicted octanol–water partition coefficient (Wildman–Crippen LogP) is 4.51. The molecular weight excluding hydrogens is 342 g/mol. The summed E-state index contributed by atoms with van der Waals surface area (Å²) in [6.45, 7) is 3.94. The number of carbonyl (C=O) groups excluding carboxylic acids is 1. The van der Waals surface area contributed by atoms with Gasteiger partial charge in [0.1, 0.15) is 6.33 Å². The number of hydrogen-bond donors (Lipinski definition) is 0. The predicted molar refractivity (Wildman–Crippen MR) is 97.3 cm³/mol. The summed E-state index contributed by atoms with van der Waals surface area (Å²) < 4.78 is 1.83. The molecule has 0 saturated carbocycles. The van der Waals surface area contributed by atoms with Crippen LogP contribution in [0.25, 0.3) is 5.69 Å². The Balaban J connectivity index is 1.77. The highest BCUT2D eigenvalue weighted by atomic mass is 35.5. The average molecular weight is 358 g/mol. The molecule has 0 aliphatic rings. The van der Waals surface area contributed by atoms with Crippen LogP contribution in [0.5, 0.6) is 0 Å². The van der Waals surface area contributed by atoms with Crippen LogP contribution in [-0.4, -0.2) is 26.3 Å². The maximum atomic E-state index is 12.5. The van der Waals surface area contributed by atoms with Gasteiger partial charge in [-0.2, -0.15) is 0 Å². The van der Waals surface area contributed by atoms with Crippen LogP contribution in [0.3, 0.4) is 0 Å². The molecule has 0 N–H and O–H groups in total. The van der Waals surface area contributed by atoms with Gasteiger partial charge in [0.05, 0.1) is 11.4 Å². The molecule has 0 aliphatic heterocycles. The Hall–Kier alpha value is -2.11. The third kappa shape index (κ3) is 3.68. The highest BCUT2D eigenvalue weighted by Crippen LogP contribution is 2.23. The molecule has 0 saturated heterocycles. The first-order valence-electron chi connectivity index (χ1n) is 7.44. The van der Waals surface area contributed by atoms with E-state index in [1.165, 1.54) is 11.8 Å². The van der Waals surface area contributed by atoms with E-state index in [1.54, 1.807) is 6.33 Å². The van der Waals surface area contributed by atoms with Crippen LogP contribution in [0, 0.1) is 13.8 Å². The number of ketones is 1. The van der Waals surface area contributed by atoms with Gasteiger partial charge in [-0.3, -0.25) is 9.36 Å². The largest absolute Gasteiger partial charge is 0.293 e. The SMILES string of the molecule is Cc1ccc(C)c(C(=O)CSc2nncn2-c2cccc(Cl)c2)c1. The van der Waals surface area contributed by atoms with Gasteiger partial charge in [0, 0.05) is 10.6 Å². The lowest BCUT2D eigenvalue weighted by Gasteiger charge is -2.08. The molecule has 0 atom stereocenters. The van der Waals surface area contributed by atoms with Gasteiger partial charge in [0.15, 0.2) is 10.9 Å². The van der Waals surface area contributed by atoms with Crippen molar-refractivity contribution >= 4 is 29.1 Å². The third-order valence-corrected chi connectivity index (χ3v) is 4.81. The molecule has 3 rings (SSSR count). The van der Waals surface area contributed by atoms with Crippen molar-refractivity contribution in [3.05, 3.63) is 70.5 Å². The summed E-state index contributed by atoms with van der Waals surface area (Å²) in [5, 5.41) is 9.36. The molecule has 0 unspecified atom stereocenters. The van der Waals surface area contributed by atoms with Crippen LogP contribution in [-0.2, 0) is 0 Å². The molecule has 0 fully saturated rings. The molecule has 0 spiro atoms. The minimum atomic E-state index is 0.0850. The topological polar surface area (TPSA) is 47.8 Å². The lowest BCUT2D eigenvalue weighted by atomic mass is 10.0. The summed E-state index contributed by atoms with van der Waals surface area (Å²) in [6.07, 6.45) is 1.62. The lowest BCUT2D eigenvalue weighted by molar-refractivity contribution is 0.102. The van der Waals surface area contributed by atoms with Gasteiger partial charge >= 0.3 is 0 Å². The first-order chi connectivity index (χ1) is 11.5. The molecule has 4 nitrogen and oxygen atoms in total. The zero-order valence-electron chi connectivity index (χ0n) is 13.4. The molecule has 24 heavy (non-hydrogen) atoms. The molecule has 1 aromatic heterocycles. The number of aryl methyl sites for hydroxylation is 2. The first kappa shape index (κ1) is 16.7. The van der Waals surface area contributed by atoms with Crippen LogP contribution in [0.15, 0.2) is 53.9 Å². The fraction of sp³-hybridized carbons (Fsp3) is 0.167. The molecule has 122 valence electrons. The van der Waals surface area contributed by atoms with Crippen molar-refractivity contribution in [2.45, 2.75) is 19.0 Å². The summed E-state index contributed by atoms with van der Waals surface area (Å²) in [5.41, 5.74) is 3.70. The molecule has 2 aromatic carbocycles. The second-order valence-corrected chi connectivity index (χ2v) is 6.87. The summed E-state index contributed by atoms with van der Waals surface area (Å²) in [6, 6.07) is 13.4. The van der Waals surface area contributed by atoms with Crippen molar-refractivity contribution in [2.75, 3.05) is 5.75 Å². The smallest absolute Gasteiger partial charge is 0.196 e. The van der Waals surface area contributed by atoms with Crippen molar-refractivity contribution in [3.8, 4) is 5.69 Å². The van der Waals surface area contributed by atoms with Crippen molar-refractivity contribution in [1.82, 2.24) is 14.8 Å². The summed E-state index contributed by atoms with van der Waals surface area (Å²) in [7, 11) is 0. The Bertz CT molecular complexity index is 891. The zero-order valence-corrected chi connectivity index (χ0v) is 14.9. The maximum absolute atomic E-state index is 12.5. The fourth-order valence-corrected chi connectivity index (χ4v) is 3.37. The number of carbonyl (C=O) groups is 1. The molecule has 0 aliphatic carbocycles. The van der Waals surface area contributed by atoms with E-state index in [4.69, 9.17) is 11.6 Å². The summed E-state index contributed by atoms with van der Waals surface area (Å²) >= 11 is 7.41. The van der Waals surface area contributed by atoms with E-state index in [9.17, 15) is 4.79 Å². The van der Waals surface area contributed by atoms with Crippen molar-refractivity contribution in [2.24, 2.45) is 0 Å². The fourth-order valence-electron chi connectivity index (χ4n) is 2.37. The lowest BCUT2D eigenvalue weighted by Crippen LogP contribution is -2.06. The molecule has 6 heteroatoms. The van der Waals surface area contributed by atoms with Gasteiger partial charge in [0.25, 0.3) is 0 Å². The normalized spacial score (nSPS) is 10.8. The van der Waals surface area contributed by atoms with E-state index in [1.807, 2.05) is 60.9 Å². The average Bonchev–Trinajstić information content (AvgIpc) is 3.03. The number of benzene rings is 2. The third-order valence-electron chi connectivity index (χ3n) is 3.63. The highest BCUT2D eigenvalue weighted by molar-refractivity contribution is 7.99. The van der Waals surface area contributed by atoms with Gasteiger partial charge in [-0.05, 0) is 43.7 Å². The second kappa shape index (κ2) is 7.20. The van der Waals surface area contributed by atoms with Crippen LogP contribution in [0.2, 0.25) is 5.02 Å². The number of nitrogens with zero attached hydrogens (tertiary/aromatic N) is 3. The van der Waals surface area contributed by atoms with Crippen LogP contribution >= 0.6 is 23.4 Å². The number of halogens is 1. The number of aromatic nitrogens is 3. The monoisotopic (exact) mass is 357 g/mol. The molecule has 1 heterocycles. The van der Waals surface area contributed by atoms with Gasteiger partial charge in [-0.15, -0.1) is 10.2 Å². The van der Waals surface area contributed by atoms with Gasteiger partial charge in [-0.25, -0.2) is 0 Å². The number of rotatable bonds is 5. The highest BCUT2D eigenvalue weighted by Gasteiger charge is 2.13. The summed E-state index contributed by atoms with van der Waals surface area (Å²) in [5.74, 6) is 0.394. The van der Waals surface area contributed by atoms with Crippen molar-refractivity contribution in [1.29, 1.82) is 0 Å². The maximum Gasteiger partial charge on any atom is 0.196 e. The van der Waals surface area contributed by atoms with Gasteiger partial charge in [0.2, 0.25) is 0 Å². The van der Waals surface area contributed by atoms with Crippen LogP contribution in [0.4, 0.5) is 0 Å². The Morgan fingerprint density at radius 3 is 2.83 bits per heavy atom. The summed E-state index contributed by atoms with van der Waals surface area (Å²) in [4.78, 5) is 12.5. The van der Waals surface area contributed by atoms with E-state index < -0.39 is 0 Å². The molecular formula is C18H16ClN3OS. The first-order valence-corrected chi connectivity index (χ1v) is 8.80. The Kier molecular flexibility index (Phi) is 5.02. The molecule has 0 bridgehead atoms. The zero-order chi connectivity index (χ0) is 17.1. The number of thioether (sulfide) groups is 1. The minimum absolute atomic E-state index is 0.0850. The Morgan fingerprint density at radius 1 is 1.21 bits per heavy atom. The van der Waals surface area contributed by atoms with Crippen molar-refractivity contribution < 1.29 is 4.79 Å². The van der Waals surface area contributed by atoms with Gasteiger partial charge < -0.3 is 0 Å². The standard InChI is InChI=1S/C18H16ClN3OS/c1-12-6-7-13(2)16(8-12)17(23)10-24-18-21-20-11-22(18)15-5-3-4-14(19)9-15/h3-9,11H,10H2,1-2H3. The van der Waals surface area contributed by atoms with E-state index in [2.05, 4.69) is 10.2 Å². The van der Waals surface area contributed by atoms with E-state index in [0.717, 1.165) is 22.4 Å². The second-order valence-electron chi connectivity index (χ2n) is 5.49. The quantitative estimate of drug-likeness (QED) is 0.498. The molecule has 0 radical (unpaired) electrons. The van der Waals surface area contributed by atoms with E-state index >= 15 is 0 Å². The molecule has 3 aromatic rings. The van der Waals surface area contributed by atoms with Gasteiger partial charge in [-0.1, -0.05) is 47.1 Å². The van der Waals surface area contributed by atoms with Crippen molar-refractivity contribution in [3.63, 3.8) is 0 Å². The Morgan fingerprint density at radius 2 is 2.04 bits per heavy atom. The van der Waals surface area contributed by atoms with Crippen LogP contribution in [0.1, 0.15) is 21.5 Å². The molecule has 0 amide bonds. The van der Waals surface area contributed by atoms with E-state index in [0.29, 0.717) is 15.9 Å². The van der Waals surface area contributed by atoms with Crippen LogP contribution < -0.4 is 0 Å². The number of Topliss-reactive ketones (excluding diaryl/α,β-unsaturated/α-hetero) is 1. The number of hydrogen-bond acceptors (Lipinski definition) is 4.